The fourth-order valence-electron chi connectivity index (χ4n) is 8.56. The monoisotopic (exact) mass is 1170 g/mol. The molecule has 0 spiro atoms. The van der Waals surface area contributed by atoms with E-state index in [2.05, 4.69) is 340 Å². The van der Waals surface area contributed by atoms with Gasteiger partial charge >= 0.3 is 0 Å². The average Bonchev–Trinajstić information content (AvgIpc) is 4.31. The summed E-state index contributed by atoms with van der Waals surface area (Å²) < 4.78 is 0. The first-order valence-corrected chi connectivity index (χ1v) is 24.6. The second-order valence-corrected chi connectivity index (χ2v) is 17.2. The third kappa shape index (κ3) is 17.5. The molecule has 4 heteroatoms. The predicted molar refractivity (Wildman–Crippen MR) is 316 cm³/mol. The van der Waals surface area contributed by atoms with Crippen LogP contribution in [0.25, 0.3) is 86.2 Å². The van der Waals surface area contributed by atoms with Gasteiger partial charge in [-0.2, -0.15) is 140 Å². The van der Waals surface area contributed by atoms with Gasteiger partial charge in [-0.15, -0.1) is 237 Å². The Labute approximate surface area is 498 Å². The predicted octanol–water partition coefficient (Wildman–Crippen LogP) is 14.5. The van der Waals surface area contributed by atoms with E-state index >= 15 is 0 Å². The Hall–Kier alpha value is -7.01. The van der Waals surface area contributed by atoms with E-state index in [0.29, 0.717) is 0 Å². The quantitative estimate of drug-likeness (QED) is 0.133. The van der Waals surface area contributed by atoms with E-state index in [1.54, 1.807) is 0 Å². The normalized spacial score (nSPS) is 9.68. The molecule has 0 heterocycles. The van der Waals surface area contributed by atoms with Crippen LogP contribution >= 0.6 is 0 Å². The number of halogens is 2. The molecule has 0 saturated carbocycles. The summed E-state index contributed by atoms with van der Waals surface area (Å²) in [5.74, 6) is 0. The van der Waals surface area contributed by atoms with E-state index in [9.17, 15) is 0 Å². The second-order valence-electron chi connectivity index (χ2n) is 17.2. The summed E-state index contributed by atoms with van der Waals surface area (Å²) in [5.41, 5.74) is 0. The van der Waals surface area contributed by atoms with Crippen LogP contribution in [0, 0.1) is 0 Å². The van der Waals surface area contributed by atoms with Crippen molar-refractivity contribution in [3.63, 3.8) is 0 Å². The summed E-state index contributed by atoms with van der Waals surface area (Å²) in [6.07, 6.45) is 0. The zero-order valence-electron chi connectivity index (χ0n) is 42.1. The topological polar surface area (TPSA) is 0 Å². The van der Waals surface area contributed by atoms with Gasteiger partial charge in [-0.25, -0.2) is 0 Å². The Bertz CT molecular complexity index is 3010. The standard InChI is InChI=1S/8C9H7.2ClH.2Zr/c8*1-2-5-9-7-3-6-8(9)4-1;;;;/h8*1-7H;2*1H;;/q8*-1;;;;/p-2. The minimum atomic E-state index is 0. The molecular weight excluding hydrogens is 1120 g/mol. The van der Waals surface area contributed by atoms with Crippen molar-refractivity contribution in [3.8, 4) is 0 Å². The van der Waals surface area contributed by atoms with Gasteiger partial charge in [0.2, 0.25) is 0 Å². The number of fused-ring (bicyclic) bond motifs is 8. The number of hydrogen-bond donors (Lipinski definition) is 0. The van der Waals surface area contributed by atoms with Crippen molar-refractivity contribution in [2.45, 2.75) is 0 Å². The molecule has 0 fully saturated rings. The van der Waals surface area contributed by atoms with Crippen LogP contribution in [-0.2, 0) is 52.4 Å². The molecule has 0 aliphatic carbocycles. The van der Waals surface area contributed by atoms with Crippen molar-refractivity contribution in [3.05, 3.63) is 340 Å². The summed E-state index contributed by atoms with van der Waals surface area (Å²) in [7, 11) is 0. The van der Waals surface area contributed by atoms with E-state index in [-0.39, 0.29) is 77.2 Å². The fourth-order valence-corrected chi connectivity index (χ4v) is 8.56. The fraction of sp³-hybridized carbons (Fsp3) is 0. The number of rotatable bonds is 0. The molecule has 0 unspecified atom stereocenters. The third-order valence-electron chi connectivity index (χ3n) is 12.4. The SMILES string of the molecule is [Cl-].[Cl-].[Zr].[Zr].c1ccc2[cH-]ccc2c1.c1ccc2[cH-]ccc2c1.c1ccc2[cH-]ccc2c1.c1ccc2[cH-]ccc2c1.c1ccc2[cH-]ccc2c1.c1ccc2[cH-]ccc2c1.c1ccc2[cH-]ccc2c1.c1ccc2[cH-]ccc2c1. The molecule has 16 rings (SSSR count). The van der Waals surface area contributed by atoms with Gasteiger partial charge in [0.05, 0.1) is 0 Å². The molecule has 16 aromatic rings. The molecule has 76 heavy (non-hydrogen) atoms. The molecular formula is C72H56Cl2Zr2-10. The second kappa shape index (κ2) is 32.4. The van der Waals surface area contributed by atoms with Crippen LogP contribution in [0.1, 0.15) is 0 Å². The minimum Gasteiger partial charge on any atom is -1.00 e. The maximum absolute atomic E-state index is 2.12. The largest absolute Gasteiger partial charge is 1.00 e. The first-order valence-electron chi connectivity index (χ1n) is 24.6. The summed E-state index contributed by atoms with van der Waals surface area (Å²) >= 11 is 0. The molecule has 0 aliphatic heterocycles. The van der Waals surface area contributed by atoms with Crippen LogP contribution in [-0.4, -0.2) is 0 Å². The van der Waals surface area contributed by atoms with Crippen molar-refractivity contribution >= 4 is 86.2 Å². The molecule has 0 N–H and O–H groups in total. The minimum absolute atomic E-state index is 0. The molecule has 376 valence electrons. The van der Waals surface area contributed by atoms with Gasteiger partial charge < -0.3 is 24.8 Å². The molecule has 0 amide bonds. The van der Waals surface area contributed by atoms with E-state index < -0.39 is 0 Å². The van der Waals surface area contributed by atoms with E-state index in [4.69, 9.17) is 0 Å². The van der Waals surface area contributed by atoms with E-state index in [1.165, 1.54) is 86.2 Å². The Kier molecular flexibility index (Phi) is 25.5. The van der Waals surface area contributed by atoms with Crippen LogP contribution in [0.5, 0.6) is 0 Å². The van der Waals surface area contributed by atoms with Gasteiger partial charge in [0.25, 0.3) is 0 Å². The summed E-state index contributed by atoms with van der Waals surface area (Å²) in [6.45, 7) is 0. The molecule has 0 aromatic heterocycles. The van der Waals surface area contributed by atoms with Crippen molar-refractivity contribution < 1.29 is 77.2 Å². The van der Waals surface area contributed by atoms with Crippen molar-refractivity contribution in [2.75, 3.05) is 0 Å². The van der Waals surface area contributed by atoms with E-state index in [0.717, 1.165) is 0 Å². The number of hydrogen-bond acceptors (Lipinski definition) is 0. The van der Waals surface area contributed by atoms with Crippen molar-refractivity contribution in [1.82, 2.24) is 0 Å². The van der Waals surface area contributed by atoms with Gasteiger partial charge in [0.1, 0.15) is 0 Å². The Morgan fingerprint density at radius 1 is 0.145 bits per heavy atom. The Balaban J connectivity index is 0.000000159. The molecule has 0 nitrogen and oxygen atoms in total. The molecule has 16 aromatic carbocycles. The first kappa shape index (κ1) is 59.9. The van der Waals surface area contributed by atoms with Gasteiger partial charge in [0, 0.05) is 52.4 Å². The summed E-state index contributed by atoms with van der Waals surface area (Å²) in [4.78, 5) is 0. The van der Waals surface area contributed by atoms with Gasteiger partial charge in [0.15, 0.2) is 0 Å². The van der Waals surface area contributed by atoms with Crippen LogP contribution < -0.4 is 24.8 Å². The van der Waals surface area contributed by atoms with Crippen LogP contribution in [0.15, 0.2) is 340 Å². The average molecular weight is 1170 g/mol. The van der Waals surface area contributed by atoms with Gasteiger partial charge in [-0.1, -0.05) is 48.5 Å². The smallest absolute Gasteiger partial charge is 0 e. The Morgan fingerprint density at radius 2 is 0.250 bits per heavy atom. The molecule has 0 radical (unpaired) electrons. The van der Waals surface area contributed by atoms with Gasteiger partial charge in [-0.05, 0) is 0 Å². The van der Waals surface area contributed by atoms with Gasteiger partial charge in [-0.3, -0.25) is 0 Å². The van der Waals surface area contributed by atoms with Crippen LogP contribution in [0.4, 0.5) is 0 Å². The maximum Gasteiger partial charge on any atom is 0 e. The van der Waals surface area contributed by atoms with Crippen LogP contribution in [0.2, 0.25) is 0 Å². The zero-order valence-corrected chi connectivity index (χ0v) is 48.5. The molecule has 0 saturated heterocycles. The zero-order chi connectivity index (χ0) is 48.8. The van der Waals surface area contributed by atoms with Crippen molar-refractivity contribution in [2.24, 2.45) is 0 Å². The molecule has 0 aliphatic rings. The summed E-state index contributed by atoms with van der Waals surface area (Å²) in [5, 5.41) is 21.3. The van der Waals surface area contributed by atoms with E-state index in [1.807, 2.05) is 0 Å². The molecule has 0 atom stereocenters. The van der Waals surface area contributed by atoms with Crippen molar-refractivity contribution in [1.29, 1.82) is 0 Å². The molecule has 0 bridgehead atoms. The van der Waals surface area contributed by atoms with Crippen LogP contribution in [0.3, 0.4) is 0 Å². The summed E-state index contributed by atoms with van der Waals surface area (Å²) in [6, 6.07) is 117. The Morgan fingerprint density at radius 3 is 0.355 bits per heavy atom. The first-order chi connectivity index (χ1) is 35.7. The number of benzene rings is 8. The maximum atomic E-state index is 2.12. The third-order valence-corrected chi connectivity index (χ3v) is 12.4.